The van der Waals surface area contributed by atoms with Crippen LogP contribution in [0.3, 0.4) is 0 Å². The van der Waals surface area contributed by atoms with Crippen molar-refractivity contribution in [1.29, 1.82) is 0 Å². The second-order valence-electron chi connectivity index (χ2n) is 6.16. The van der Waals surface area contributed by atoms with Crippen LogP contribution in [0.1, 0.15) is 47.2 Å². The summed E-state index contributed by atoms with van der Waals surface area (Å²) >= 11 is 5.90. The molecule has 0 aromatic carbocycles. The van der Waals surface area contributed by atoms with Gasteiger partial charge in [0.15, 0.2) is 0 Å². The maximum absolute atomic E-state index is 12.4. The Morgan fingerprint density at radius 3 is 2.84 bits per heavy atom. The molecule has 1 aliphatic rings. The molecule has 0 bridgehead atoms. The second kappa shape index (κ2) is 6.79. The normalized spacial score (nSPS) is 19.8. The van der Waals surface area contributed by atoms with Gasteiger partial charge in [0, 0.05) is 11.2 Å². The molecule has 1 saturated carbocycles. The topological polar surface area (TPSA) is 103 Å². The summed E-state index contributed by atoms with van der Waals surface area (Å²) in [7, 11) is 0. The van der Waals surface area contributed by atoms with Crippen LogP contribution in [-0.4, -0.2) is 31.6 Å². The van der Waals surface area contributed by atoms with Crippen LogP contribution in [0, 0.1) is 24.0 Å². The molecule has 132 valence electrons. The van der Waals surface area contributed by atoms with Crippen molar-refractivity contribution in [3.8, 4) is 0 Å². The van der Waals surface area contributed by atoms with Gasteiger partial charge in [-0.2, -0.15) is 5.10 Å². The largest absolute Gasteiger partial charge is 0.346 e. The molecule has 3 rings (SSSR count). The van der Waals surface area contributed by atoms with Gasteiger partial charge in [0.25, 0.3) is 5.91 Å². The van der Waals surface area contributed by atoms with Gasteiger partial charge in [-0.15, -0.1) is 0 Å². The molecule has 2 aromatic rings. The predicted molar refractivity (Wildman–Crippen MR) is 91.7 cm³/mol. The zero-order valence-corrected chi connectivity index (χ0v) is 14.7. The summed E-state index contributed by atoms with van der Waals surface area (Å²) in [6, 6.07) is 2.84. The number of aryl methyl sites for hydroxylation is 1. The SMILES string of the molecule is Cc1nn([C@@H]2CCC[C@H]2NC(=O)c2cc(Cl)ccn2)c(C)c1[N+](=O)[O-]. The minimum atomic E-state index is -0.410. The molecule has 0 saturated heterocycles. The summed E-state index contributed by atoms with van der Waals surface area (Å²) in [5.74, 6) is -0.310. The molecule has 25 heavy (non-hydrogen) atoms. The average Bonchev–Trinajstić information content (AvgIpc) is 3.11. The summed E-state index contributed by atoms with van der Waals surface area (Å²) in [5, 5.41) is 19.0. The number of carbonyl (C=O) groups excluding carboxylic acids is 1. The molecule has 0 spiro atoms. The van der Waals surface area contributed by atoms with Gasteiger partial charge in [-0.3, -0.25) is 24.6 Å². The summed E-state index contributed by atoms with van der Waals surface area (Å²) in [5.41, 5.74) is 1.18. The van der Waals surface area contributed by atoms with Crippen molar-refractivity contribution in [2.45, 2.75) is 45.2 Å². The lowest BCUT2D eigenvalue weighted by atomic mass is 10.1. The van der Waals surface area contributed by atoms with Gasteiger partial charge in [-0.25, -0.2) is 0 Å². The highest BCUT2D eigenvalue weighted by atomic mass is 35.5. The molecule has 0 unspecified atom stereocenters. The van der Waals surface area contributed by atoms with Crippen molar-refractivity contribution in [3.05, 3.63) is 50.5 Å². The van der Waals surface area contributed by atoms with Crippen LogP contribution in [0.25, 0.3) is 0 Å². The lowest BCUT2D eigenvalue weighted by Crippen LogP contribution is -2.39. The number of nitro groups is 1. The van der Waals surface area contributed by atoms with E-state index in [1.807, 2.05) is 0 Å². The molecule has 1 fully saturated rings. The molecule has 1 N–H and O–H groups in total. The third-order valence-electron chi connectivity index (χ3n) is 4.53. The van der Waals surface area contributed by atoms with E-state index in [2.05, 4.69) is 15.4 Å². The summed E-state index contributed by atoms with van der Waals surface area (Å²) in [4.78, 5) is 27.3. The third kappa shape index (κ3) is 3.34. The lowest BCUT2D eigenvalue weighted by molar-refractivity contribution is -0.386. The van der Waals surface area contributed by atoms with Gasteiger partial charge in [-0.1, -0.05) is 11.6 Å². The number of pyridine rings is 1. The maximum atomic E-state index is 12.4. The van der Waals surface area contributed by atoms with Gasteiger partial charge in [0.2, 0.25) is 0 Å². The van der Waals surface area contributed by atoms with E-state index in [4.69, 9.17) is 11.6 Å². The minimum Gasteiger partial charge on any atom is -0.346 e. The van der Waals surface area contributed by atoms with E-state index >= 15 is 0 Å². The van der Waals surface area contributed by atoms with Crippen LogP contribution in [-0.2, 0) is 0 Å². The fraction of sp³-hybridized carbons (Fsp3) is 0.438. The second-order valence-corrected chi connectivity index (χ2v) is 6.60. The van der Waals surface area contributed by atoms with E-state index in [9.17, 15) is 14.9 Å². The van der Waals surface area contributed by atoms with E-state index in [0.717, 1.165) is 19.3 Å². The van der Waals surface area contributed by atoms with Gasteiger partial charge in [0.05, 0.1) is 17.0 Å². The van der Waals surface area contributed by atoms with Crippen molar-refractivity contribution in [2.24, 2.45) is 0 Å². The number of aromatic nitrogens is 3. The Kier molecular flexibility index (Phi) is 4.71. The van der Waals surface area contributed by atoms with Crippen molar-refractivity contribution in [1.82, 2.24) is 20.1 Å². The molecule has 2 atom stereocenters. The van der Waals surface area contributed by atoms with Crippen molar-refractivity contribution in [2.75, 3.05) is 0 Å². The Morgan fingerprint density at radius 2 is 2.20 bits per heavy atom. The number of rotatable bonds is 4. The molecule has 0 radical (unpaired) electrons. The maximum Gasteiger partial charge on any atom is 0.312 e. The minimum absolute atomic E-state index is 0.0356. The monoisotopic (exact) mass is 363 g/mol. The number of halogens is 1. The summed E-state index contributed by atoms with van der Waals surface area (Å²) in [6.45, 7) is 3.31. The third-order valence-corrected chi connectivity index (χ3v) is 4.77. The van der Waals surface area contributed by atoms with Crippen LogP contribution in [0.2, 0.25) is 5.02 Å². The highest BCUT2D eigenvalue weighted by Gasteiger charge is 2.34. The molecule has 2 aromatic heterocycles. The zero-order valence-electron chi connectivity index (χ0n) is 13.9. The highest BCUT2D eigenvalue weighted by molar-refractivity contribution is 6.30. The molecule has 0 aliphatic heterocycles. The summed E-state index contributed by atoms with van der Waals surface area (Å²) in [6.07, 6.45) is 3.97. The quantitative estimate of drug-likeness (QED) is 0.664. The van der Waals surface area contributed by atoms with Crippen molar-refractivity contribution in [3.63, 3.8) is 0 Å². The zero-order chi connectivity index (χ0) is 18.1. The number of nitrogens with one attached hydrogen (secondary N) is 1. The first kappa shape index (κ1) is 17.3. The van der Waals surface area contributed by atoms with E-state index in [-0.39, 0.29) is 29.4 Å². The predicted octanol–water partition coefficient (Wildman–Crippen LogP) is 2.98. The Morgan fingerprint density at radius 1 is 1.44 bits per heavy atom. The number of hydrogen-bond acceptors (Lipinski definition) is 5. The van der Waals surface area contributed by atoms with E-state index < -0.39 is 4.92 Å². The Balaban J connectivity index is 1.83. The standard InChI is InChI=1S/C16H18ClN5O3/c1-9-15(22(24)25)10(2)21(20-9)14-5-3-4-12(14)19-16(23)13-8-11(17)6-7-18-13/h6-8,12,14H,3-5H2,1-2H3,(H,19,23)/t12-,14-/m1/s1. The fourth-order valence-electron chi connectivity index (χ4n) is 3.41. The fourth-order valence-corrected chi connectivity index (χ4v) is 3.57. The first-order chi connectivity index (χ1) is 11.9. The Bertz CT molecular complexity index is 835. The van der Waals surface area contributed by atoms with Crippen LogP contribution in [0.5, 0.6) is 0 Å². The van der Waals surface area contributed by atoms with E-state index in [1.165, 1.54) is 12.3 Å². The molecule has 2 heterocycles. The average molecular weight is 364 g/mol. The van der Waals surface area contributed by atoms with Crippen molar-refractivity contribution < 1.29 is 9.72 Å². The van der Waals surface area contributed by atoms with Crippen LogP contribution in [0.4, 0.5) is 5.69 Å². The lowest BCUT2D eigenvalue weighted by Gasteiger charge is -2.22. The van der Waals surface area contributed by atoms with E-state index in [1.54, 1.807) is 24.6 Å². The van der Waals surface area contributed by atoms with Crippen LogP contribution >= 0.6 is 11.6 Å². The van der Waals surface area contributed by atoms with Crippen LogP contribution < -0.4 is 5.32 Å². The molecule has 8 nitrogen and oxygen atoms in total. The smallest absolute Gasteiger partial charge is 0.312 e. The molecular formula is C16H18ClN5O3. The van der Waals surface area contributed by atoms with Gasteiger partial charge >= 0.3 is 5.69 Å². The van der Waals surface area contributed by atoms with Gasteiger partial charge in [0.1, 0.15) is 17.1 Å². The first-order valence-corrected chi connectivity index (χ1v) is 8.38. The first-order valence-electron chi connectivity index (χ1n) is 8.01. The molecule has 9 heteroatoms. The number of hydrogen-bond donors (Lipinski definition) is 1. The highest BCUT2D eigenvalue weighted by Crippen LogP contribution is 2.34. The Hall–Kier alpha value is -2.48. The number of amides is 1. The number of carbonyl (C=O) groups is 1. The van der Waals surface area contributed by atoms with Crippen molar-refractivity contribution >= 4 is 23.2 Å². The summed E-state index contributed by atoms with van der Waals surface area (Å²) < 4.78 is 1.68. The van der Waals surface area contributed by atoms with E-state index in [0.29, 0.717) is 16.4 Å². The van der Waals surface area contributed by atoms with Crippen LogP contribution in [0.15, 0.2) is 18.3 Å². The number of nitrogens with zero attached hydrogens (tertiary/aromatic N) is 4. The molecule has 1 amide bonds. The Labute approximate surface area is 149 Å². The molecular weight excluding hydrogens is 346 g/mol. The van der Waals surface area contributed by atoms with Gasteiger partial charge < -0.3 is 5.32 Å². The molecule has 1 aliphatic carbocycles. The van der Waals surface area contributed by atoms with Gasteiger partial charge in [-0.05, 0) is 45.2 Å².